The van der Waals surface area contributed by atoms with Crippen molar-refractivity contribution in [2.45, 2.75) is 24.3 Å². The number of amides is 1. The summed E-state index contributed by atoms with van der Waals surface area (Å²) in [6, 6.07) is 3.00. The summed E-state index contributed by atoms with van der Waals surface area (Å²) in [5.41, 5.74) is 0.0630. The van der Waals surface area contributed by atoms with Crippen molar-refractivity contribution < 1.29 is 27.1 Å². The Bertz CT molecular complexity index is 765. The van der Waals surface area contributed by atoms with Gasteiger partial charge < -0.3 is 14.4 Å². The Morgan fingerprint density at radius 1 is 1.26 bits per heavy atom. The zero-order valence-electron chi connectivity index (χ0n) is 12.2. The van der Waals surface area contributed by atoms with Crippen molar-refractivity contribution >= 4 is 21.6 Å². The van der Waals surface area contributed by atoms with Gasteiger partial charge in [-0.2, -0.15) is 0 Å². The average Bonchev–Trinajstić information content (AvgIpc) is 3.14. The lowest BCUT2D eigenvalue weighted by Gasteiger charge is -2.36. The summed E-state index contributed by atoms with van der Waals surface area (Å²) in [6.45, 7) is 0.753. The van der Waals surface area contributed by atoms with E-state index in [0.717, 1.165) is 18.4 Å². The Balaban J connectivity index is 1.70. The smallest absolute Gasteiger partial charge is 0.256 e. The van der Waals surface area contributed by atoms with E-state index in [0.29, 0.717) is 13.2 Å². The second kappa shape index (κ2) is 4.89. The molecule has 4 atom stereocenters. The maximum Gasteiger partial charge on any atom is 0.256 e. The van der Waals surface area contributed by atoms with Crippen molar-refractivity contribution in [3.63, 3.8) is 0 Å². The number of hydrogen-bond donors (Lipinski definition) is 1. The number of nitrogens with zero attached hydrogens (tertiary/aromatic N) is 1. The molecule has 4 bridgehead atoms. The first-order chi connectivity index (χ1) is 10.8. The van der Waals surface area contributed by atoms with E-state index in [4.69, 9.17) is 9.47 Å². The van der Waals surface area contributed by atoms with Crippen LogP contribution in [0.25, 0.3) is 0 Å². The lowest BCUT2D eigenvalue weighted by atomic mass is 10.1. The number of anilines is 1. The van der Waals surface area contributed by atoms with Crippen LogP contribution in [0.1, 0.15) is 10.4 Å². The molecule has 1 N–H and O–H groups in total. The van der Waals surface area contributed by atoms with Crippen molar-refractivity contribution in [3.8, 4) is 0 Å². The van der Waals surface area contributed by atoms with E-state index in [1.807, 2.05) is 0 Å². The highest BCUT2D eigenvalue weighted by molar-refractivity contribution is 7.92. The van der Waals surface area contributed by atoms with Crippen LogP contribution in [0.4, 0.5) is 10.1 Å². The first kappa shape index (κ1) is 14.9. The third kappa shape index (κ3) is 2.30. The third-order valence-electron chi connectivity index (χ3n) is 4.46. The molecule has 0 saturated carbocycles. The predicted molar refractivity (Wildman–Crippen MR) is 78.1 cm³/mol. The molecule has 1 aromatic carbocycles. The largest absolute Gasteiger partial charge is 0.371 e. The van der Waals surface area contributed by atoms with Crippen LogP contribution in [-0.2, 0) is 19.5 Å². The SMILES string of the molecule is CS(=O)(=O)Nc1ccc(F)cc1C(=O)N1[C@@H]2CO[C@H]3[C@@H]2OC[C@H]31. The van der Waals surface area contributed by atoms with Crippen LogP contribution in [0.15, 0.2) is 18.2 Å². The standard InChI is InChI=1S/C14H15FN2O5S/c1-23(19,20)16-9-3-2-7(15)4-8(9)14(18)17-10-5-21-13-11(17)6-22-12(10)13/h2-4,10-13,16H,5-6H2,1H3/t10-,11-,12-,13-/m1/s1. The monoisotopic (exact) mass is 342 g/mol. The van der Waals surface area contributed by atoms with Crippen LogP contribution in [0.3, 0.4) is 0 Å². The van der Waals surface area contributed by atoms with E-state index >= 15 is 0 Å². The molecular weight excluding hydrogens is 327 g/mol. The third-order valence-corrected chi connectivity index (χ3v) is 5.05. The minimum Gasteiger partial charge on any atom is -0.371 e. The molecule has 3 aliphatic rings. The maximum atomic E-state index is 13.6. The van der Waals surface area contributed by atoms with Crippen LogP contribution < -0.4 is 4.72 Å². The molecular formula is C14H15FN2O5S. The molecule has 3 saturated heterocycles. The Morgan fingerprint density at radius 2 is 1.87 bits per heavy atom. The number of hydrogen-bond acceptors (Lipinski definition) is 5. The van der Waals surface area contributed by atoms with Gasteiger partial charge >= 0.3 is 0 Å². The van der Waals surface area contributed by atoms with Gasteiger partial charge in [-0.15, -0.1) is 0 Å². The van der Waals surface area contributed by atoms with E-state index in [9.17, 15) is 17.6 Å². The Hall–Kier alpha value is -1.71. The fourth-order valence-corrected chi connectivity index (χ4v) is 4.18. The number of benzene rings is 1. The number of ether oxygens (including phenoxy) is 2. The maximum absolute atomic E-state index is 13.6. The summed E-state index contributed by atoms with van der Waals surface area (Å²) in [4.78, 5) is 14.5. The normalized spacial score (nSPS) is 31.7. The molecule has 3 fully saturated rings. The number of sulfonamides is 1. The molecule has 1 amide bonds. The molecule has 0 radical (unpaired) electrons. The second-order valence-corrected chi connectivity index (χ2v) is 7.76. The summed E-state index contributed by atoms with van der Waals surface area (Å²) >= 11 is 0. The van der Waals surface area contributed by atoms with Gasteiger partial charge in [-0.25, -0.2) is 12.8 Å². The number of carbonyl (C=O) groups excluding carboxylic acids is 1. The molecule has 3 aliphatic heterocycles. The molecule has 9 heteroatoms. The number of likely N-dealkylation sites (tertiary alicyclic amines) is 1. The first-order valence-electron chi connectivity index (χ1n) is 7.18. The van der Waals surface area contributed by atoms with E-state index < -0.39 is 21.7 Å². The summed E-state index contributed by atoms with van der Waals surface area (Å²) in [5, 5.41) is 0. The lowest BCUT2D eigenvalue weighted by molar-refractivity contribution is -0.0280. The Morgan fingerprint density at radius 3 is 2.43 bits per heavy atom. The minimum atomic E-state index is -3.58. The van der Waals surface area contributed by atoms with E-state index in [1.54, 1.807) is 4.90 Å². The zero-order chi connectivity index (χ0) is 16.4. The highest BCUT2D eigenvalue weighted by Crippen LogP contribution is 2.42. The quantitative estimate of drug-likeness (QED) is 0.847. The second-order valence-electron chi connectivity index (χ2n) is 6.01. The Labute approximate surface area is 132 Å². The van der Waals surface area contributed by atoms with Crippen LogP contribution in [-0.4, -0.2) is 63.0 Å². The number of carbonyl (C=O) groups is 1. The van der Waals surface area contributed by atoms with Crippen LogP contribution >= 0.6 is 0 Å². The summed E-state index contributed by atoms with van der Waals surface area (Å²) in [7, 11) is -3.58. The molecule has 0 unspecified atom stereocenters. The topological polar surface area (TPSA) is 84.9 Å². The van der Waals surface area contributed by atoms with E-state index in [1.165, 1.54) is 6.07 Å². The van der Waals surface area contributed by atoms with Crippen molar-refractivity contribution in [2.24, 2.45) is 0 Å². The van der Waals surface area contributed by atoms with E-state index in [-0.39, 0.29) is 35.5 Å². The van der Waals surface area contributed by atoms with Gasteiger partial charge in [0.2, 0.25) is 10.0 Å². The fourth-order valence-electron chi connectivity index (χ4n) is 3.60. The van der Waals surface area contributed by atoms with Crippen LogP contribution in [0.2, 0.25) is 0 Å². The molecule has 0 aromatic heterocycles. The van der Waals surface area contributed by atoms with Gasteiger partial charge in [0.15, 0.2) is 0 Å². The van der Waals surface area contributed by atoms with Gasteiger partial charge in [0.25, 0.3) is 5.91 Å². The lowest BCUT2D eigenvalue weighted by Crippen LogP contribution is -2.52. The van der Waals surface area contributed by atoms with Crippen molar-refractivity contribution in [1.82, 2.24) is 4.90 Å². The number of nitrogens with one attached hydrogen (secondary N) is 1. The van der Waals surface area contributed by atoms with Gasteiger partial charge in [-0.05, 0) is 18.2 Å². The molecule has 0 spiro atoms. The van der Waals surface area contributed by atoms with Gasteiger partial charge in [-0.3, -0.25) is 9.52 Å². The predicted octanol–water partition coefficient (Wildman–Crippen LogP) is 0.188. The molecule has 3 heterocycles. The minimum absolute atomic E-state index is 0.00590. The fraction of sp³-hybridized carbons (Fsp3) is 0.500. The van der Waals surface area contributed by atoms with Crippen LogP contribution in [0.5, 0.6) is 0 Å². The van der Waals surface area contributed by atoms with Gasteiger partial charge in [-0.1, -0.05) is 0 Å². The molecule has 0 aliphatic carbocycles. The zero-order valence-corrected chi connectivity index (χ0v) is 13.0. The van der Waals surface area contributed by atoms with Crippen molar-refractivity contribution in [2.75, 3.05) is 24.2 Å². The van der Waals surface area contributed by atoms with Crippen LogP contribution in [0, 0.1) is 5.82 Å². The van der Waals surface area contributed by atoms with Crippen molar-refractivity contribution in [1.29, 1.82) is 0 Å². The summed E-state index contributed by atoms with van der Waals surface area (Å²) in [6.07, 6.45) is 0.680. The molecule has 124 valence electrons. The summed E-state index contributed by atoms with van der Waals surface area (Å²) < 4.78 is 50.0. The van der Waals surface area contributed by atoms with Gasteiger partial charge in [0.05, 0.1) is 42.8 Å². The van der Waals surface area contributed by atoms with Crippen molar-refractivity contribution in [3.05, 3.63) is 29.6 Å². The van der Waals surface area contributed by atoms with E-state index in [2.05, 4.69) is 4.72 Å². The highest BCUT2D eigenvalue weighted by Gasteiger charge is 2.61. The summed E-state index contributed by atoms with van der Waals surface area (Å²) in [5.74, 6) is -1.01. The molecule has 23 heavy (non-hydrogen) atoms. The molecule has 7 nitrogen and oxygen atoms in total. The first-order valence-corrected chi connectivity index (χ1v) is 9.07. The van der Waals surface area contributed by atoms with Gasteiger partial charge in [0.1, 0.15) is 18.0 Å². The number of rotatable bonds is 3. The Kier molecular flexibility index (Phi) is 3.16. The van der Waals surface area contributed by atoms with Gasteiger partial charge in [0, 0.05) is 0 Å². The average molecular weight is 342 g/mol. The number of morpholine rings is 2. The molecule has 4 rings (SSSR count). The molecule has 1 aromatic rings. The highest BCUT2D eigenvalue weighted by atomic mass is 32.2. The number of halogens is 1.